The molecule has 0 bridgehead atoms. The lowest BCUT2D eigenvalue weighted by Crippen LogP contribution is -2.41. The number of aliphatic imine (C=N–C) groups is 1. The number of halogens is 1. The van der Waals surface area contributed by atoms with Crippen LogP contribution in [0.1, 0.15) is 24.5 Å². The molecule has 1 aliphatic rings. The van der Waals surface area contributed by atoms with Gasteiger partial charge in [0, 0.05) is 39.2 Å². The number of nitrogens with one attached hydrogen (secondary N) is 1. The molecule has 1 fully saturated rings. The number of benzene rings is 1. The van der Waals surface area contributed by atoms with Gasteiger partial charge in [0.25, 0.3) is 0 Å². The Morgan fingerprint density at radius 2 is 2.24 bits per heavy atom. The summed E-state index contributed by atoms with van der Waals surface area (Å²) in [5.74, 6) is 2.53. The zero-order chi connectivity index (χ0) is 17.4. The summed E-state index contributed by atoms with van der Waals surface area (Å²) in [6, 6.07) is 6.37. The number of hydrogen-bond donors (Lipinski definition) is 1. The Bertz CT molecular complexity index is 545. The smallest absolute Gasteiger partial charge is 0.193 e. The van der Waals surface area contributed by atoms with Gasteiger partial charge in [-0.25, -0.2) is 0 Å². The van der Waals surface area contributed by atoms with E-state index in [9.17, 15) is 0 Å². The Balaban J connectivity index is 0.00000312. The molecule has 1 unspecified atom stereocenters. The van der Waals surface area contributed by atoms with E-state index in [1.54, 1.807) is 7.11 Å². The highest BCUT2D eigenvalue weighted by Gasteiger charge is 2.18. The molecule has 0 spiro atoms. The number of methoxy groups -OCH3 is 1. The van der Waals surface area contributed by atoms with Gasteiger partial charge in [0.15, 0.2) is 5.96 Å². The highest BCUT2D eigenvalue weighted by molar-refractivity contribution is 14.0. The van der Waals surface area contributed by atoms with Crippen molar-refractivity contribution >= 4 is 29.9 Å². The molecule has 0 amide bonds. The molecule has 1 atom stereocenters. The topological polar surface area (TPSA) is 46.1 Å². The lowest BCUT2D eigenvalue weighted by atomic mass is 10.1. The highest BCUT2D eigenvalue weighted by Crippen LogP contribution is 2.19. The first kappa shape index (κ1) is 22.0. The summed E-state index contributed by atoms with van der Waals surface area (Å²) >= 11 is 0. The van der Waals surface area contributed by atoms with Gasteiger partial charge in [0.05, 0.1) is 13.7 Å². The molecule has 142 valence electrons. The maximum absolute atomic E-state index is 5.47. The summed E-state index contributed by atoms with van der Waals surface area (Å²) in [6.45, 7) is 8.56. The van der Waals surface area contributed by atoms with Crippen molar-refractivity contribution in [2.24, 2.45) is 10.9 Å². The predicted octanol–water partition coefficient (Wildman–Crippen LogP) is 3.10. The van der Waals surface area contributed by atoms with Gasteiger partial charge in [-0.3, -0.25) is 4.99 Å². The van der Waals surface area contributed by atoms with Crippen molar-refractivity contribution in [1.82, 2.24) is 10.2 Å². The van der Waals surface area contributed by atoms with Crippen LogP contribution in [-0.4, -0.2) is 57.9 Å². The molecular weight excluding hydrogens is 429 g/mol. The van der Waals surface area contributed by atoms with Gasteiger partial charge in [-0.15, -0.1) is 24.0 Å². The first-order chi connectivity index (χ1) is 11.6. The van der Waals surface area contributed by atoms with Gasteiger partial charge in [-0.05, 0) is 43.9 Å². The van der Waals surface area contributed by atoms with Crippen LogP contribution in [0.25, 0.3) is 0 Å². The summed E-state index contributed by atoms with van der Waals surface area (Å²) in [5, 5.41) is 3.38. The van der Waals surface area contributed by atoms with E-state index < -0.39 is 0 Å². The number of hydrogen-bond acceptors (Lipinski definition) is 3. The van der Waals surface area contributed by atoms with Gasteiger partial charge in [0.1, 0.15) is 5.75 Å². The van der Waals surface area contributed by atoms with Crippen molar-refractivity contribution in [1.29, 1.82) is 0 Å². The van der Waals surface area contributed by atoms with Crippen LogP contribution in [0.15, 0.2) is 23.2 Å². The summed E-state index contributed by atoms with van der Waals surface area (Å²) in [6.07, 6.45) is 2.05. The third-order valence-corrected chi connectivity index (χ3v) is 4.39. The Hall–Kier alpha value is -1.02. The molecule has 1 aliphatic heterocycles. The fourth-order valence-corrected chi connectivity index (χ4v) is 2.98. The molecule has 1 heterocycles. The molecule has 1 aromatic carbocycles. The molecular formula is C19H32IN3O2. The lowest BCUT2D eigenvalue weighted by molar-refractivity contribution is 0.181. The first-order valence-corrected chi connectivity index (χ1v) is 8.84. The van der Waals surface area contributed by atoms with E-state index in [2.05, 4.69) is 49.3 Å². The molecule has 5 nitrogen and oxygen atoms in total. The second-order valence-corrected chi connectivity index (χ2v) is 6.40. The third kappa shape index (κ3) is 7.01. The predicted molar refractivity (Wildman–Crippen MR) is 114 cm³/mol. The quantitative estimate of drug-likeness (QED) is 0.385. The van der Waals surface area contributed by atoms with E-state index >= 15 is 0 Å². The molecule has 1 N–H and O–H groups in total. The maximum atomic E-state index is 5.47. The first-order valence-electron chi connectivity index (χ1n) is 8.84. The zero-order valence-electron chi connectivity index (χ0n) is 15.9. The largest absolute Gasteiger partial charge is 0.496 e. The fraction of sp³-hybridized carbons (Fsp3) is 0.632. The standard InChI is InChI=1S/C19H31N3O2.HI/c1-5-20-19(22(3)13-17-9-11-24-14-17)21-10-8-16-7-6-15(2)18(12-16)23-4;/h6-7,12,17H,5,8-11,13-14H2,1-4H3,(H,20,21);1H. The number of nitrogens with zero attached hydrogens (tertiary/aromatic N) is 2. The van der Waals surface area contributed by atoms with Gasteiger partial charge in [-0.2, -0.15) is 0 Å². The number of guanidine groups is 1. The Morgan fingerprint density at radius 1 is 1.44 bits per heavy atom. The number of ether oxygens (including phenoxy) is 2. The minimum absolute atomic E-state index is 0. The molecule has 1 saturated heterocycles. The van der Waals surface area contributed by atoms with E-state index in [1.165, 1.54) is 5.56 Å². The zero-order valence-corrected chi connectivity index (χ0v) is 18.2. The van der Waals surface area contributed by atoms with Crippen molar-refractivity contribution in [3.05, 3.63) is 29.3 Å². The third-order valence-electron chi connectivity index (χ3n) is 4.39. The average Bonchev–Trinajstić information content (AvgIpc) is 3.08. The van der Waals surface area contributed by atoms with Crippen molar-refractivity contribution < 1.29 is 9.47 Å². The monoisotopic (exact) mass is 461 g/mol. The summed E-state index contributed by atoms with van der Waals surface area (Å²) in [5.41, 5.74) is 2.42. The molecule has 6 heteroatoms. The highest BCUT2D eigenvalue weighted by atomic mass is 127. The summed E-state index contributed by atoms with van der Waals surface area (Å²) < 4.78 is 10.9. The fourth-order valence-electron chi connectivity index (χ4n) is 2.98. The second kappa shape index (κ2) is 11.6. The van der Waals surface area contributed by atoms with Gasteiger partial charge >= 0.3 is 0 Å². The number of rotatable bonds is 7. The van der Waals surface area contributed by atoms with E-state index in [0.29, 0.717) is 5.92 Å². The minimum atomic E-state index is 0. The molecule has 2 rings (SSSR count). The lowest BCUT2D eigenvalue weighted by Gasteiger charge is -2.24. The average molecular weight is 461 g/mol. The summed E-state index contributed by atoms with van der Waals surface area (Å²) in [7, 11) is 3.82. The van der Waals surface area contributed by atoms with Crippen molar-refractivity contribution in [3.8, 4) is 5.75 Å². The van der Waals surface area contributed by atoms with E-state index in [1.807, 2.05) is 0 Å². The van der Waals surface area contributed by atoms with Gasteiger partial charge in [-0.1, -0.05) is 12.1 Å². The summed E-state index contributed by atoms with van der Waals surface area (Å²) in [4.78, 5) is 7.00. The van der Waals surface area contributed by atoms with Gasteiger partial charge < -0.3 is 19.7 Å². The van der Waals surface area contributed by atoms with Crippen LogP contribution in [0.4, 0.5) is 0 Å². The van der Waals surface area contributed by atoms with Crippen molar-refractivity contribution in [2.45, 2.75) is 26.7 Å². The molecule has 0 saturated carbocycles. The van der Waals surface area contributed by atoms with Crippen molar-refractivity contribution in [3.63, 3.8) is 0 Å². The van der Waals surface area contributed by atoms with Crippen molar-refractivity contribution in [2.75, 3.05) is 47.0 Å². The molecule has 0 radical (unpaired) electrons. The normalized spacial score (nSPS) is 17.1. The van der Waals surface area contributed by atoms with Crippen LogP contribution >= 0.6 is 24.0 Å². The molecule has 1 aromatic rings. The second-order valence-electron chi connectivity index (χ2n) is 6.40. The van der Waals surface area contributed by atoms with E-state index in [4.69, 9.17) is 14.5 Å². The van der Waals surface area contributed by atoms with E-state index in [0.717, 1.165) is 63.0 Å². The number of aryl methyl sites for hydroxylation is 1. The molecule has 0 aliphatic carbocycles. The van der Waals surface area contributed by atoms with E-state index in [-0.39, 0.29) is 24.0 Å². The minimum Gasteiger partial charge on any atom is -0.496 e. The van der Waals surface area contributed by atoms with Crippen LogP contribution in [-0.2, 0) is 11.2 Å². The van der Waals surface area contributed by atoms with Crippen LogP contribution < -0.4 is 10.1 Å². The Kier molecular flexibility index (Phi) is 10.2. The molecule has 25 heavy (non-hydrogen) atoms. The van der Waals surface area contributed by atoms with Gasteiger partial charge in [0.2, 0.25) is 0 Å². The SMILES string of the molecule is CCNC(=NCCc1ccc(C)c(OC)c1)N(C)CC1CCOC1.I. The Labute approximate surface area is 169 Å². The maximum Gasteiger partial charge on any atom is 0.193 e. The Morgan fingerprint density at radius 3 is 2.88 bits per heavy atom. The van der Waals surface area contributed by atoms with Crippen LogP contribution in [0, 0.1) is 12.8 Å². The van der Waals surface area contributed by atoms with Crippen LogP contribution in [0.2, 0.25) is 0 Å². The van der Waals surface area contributed by atoms with Crippen LogP contribution in [0.3, 0.4) is 0 Å². The molecule has 0 aromatic heterocycles. The van der Waals surface area contributed by atoms with Crippen LogP contribution in [0.5, 0.6) is 5.75 Å².